The summed E-state index contributed by atoms with van der Waals surface area (Å²) in [6.45, 7) is 3.82. The highest BCUT2D eigenvalue weighted by Gasteiger charge is 2.15. The van der Waals surface area contributed by atoms with Gasteiger partial charge in [-0.15, -0.1) is 0 Å². The van der Waals surface area contributed by atoms with Crippen molar-refractivity contribution in [3.63, 3.8) is 0 Å². The molecule has 1 fully saturated rings. The molecule has 1 aromatic rings. The van der Waals surface area contributed by atoms with E-state index in [1.54, 1.807) is 0 Å². The molecule has 0 aromatic heterocycles. The Hall–Kier alpha value is -1.02. The van der Waals surface area contributed by atoms with E-state index in [1.165, 1.54) is 11.1 Å². The number of rotatable bonds is 1. The van der Waals surface area contributed by atoms with Crippen molar-refractivity contribution in [1.29, 1.82) is 0 Å². The van der Waals surface area contributed by atoms with E-state index < -0.39 is 0 Å². The summed E-state index contributed by atoms with van der Waals surface area (Å²) in [4.78, 5) is 0. The molecule has 2 heteroatoms. The van der Waals surface area contributed by atoms with Gasteiger partial charge in [-0.1, -0.05) is 12.1 Å². The van der Waals surface area contributed by atoms with Crippen LogP contribution in [0.2, 0.25) is 0 Å². The first-order valence-electron chi connectivity index (χ1n) is 5.21. The lowest BCUT2D eigenvalue weighted by Crippen LogP contribution is -2.14. The molecule has 2 nitrogen and oxygen atoms in total. The maximum absolute atomic E-state index is 5.90. The Bertz CT molecular complexity index is 316. The highest BCUT2D eigenvalue weighted by Crippen LogP contribution is 2.28. The molecule has 1 heterocycles. The Kier molecular flexibility index (Phi) is 2.73. The normalized spacial score (nSPS) is 18.4. The Balaban J connectivity index is 2.18. The number of ether oxygens (including phenoxy) is 1. The minimum absolute atomic E-state index is 0.645. The van der Waals surface area contributed by atoms with Crippen LogP contribution >= 0.6 is 0 Å². The molecule has 2 rings (SSSR count). The van der Waals surface area contributed by atoms with Crippen molar-refractivity contribution >= 4 is 5.69 Å². The highest BCUT2D eigenvalue weighted by atomic mass is 16.5. The first kappa shape index (κ1) is 9.53. The van der Waals surface area contributed by atoms with E-state index >= 15 is 0 Å². The lowest BCUT2D eigenvalue weighted by atomic mass is 9.91. The summed E-state index contributed by atoms with van der Waals surface area (Å²) < 4.78 is 5.34. The van der Waals surface area contributed by atoms with E-state index in [2.05, 4.69) is 18.2 Å². The summed E-state index contributed by atoms with van der Waals surface area (Å²) in [5.74, 6) is 0.645. The molecule has 1 aromatic carbocycles. The van der Waals surface area contributed by atoms with Gasteiger partial charge in [0.15, 0.2) is 0 Å². The van der Waals surface area contributed by atoms with Crippen LogP contribution in [0.25, 0.3) is 0 Å². The molecule has 0 amide bonds. The van der Waals surface area contributed by atoms with Crippen LogP contribution in [0, 0.1) is 6.92 Å². The average molecular weight is 191 g/mol. The third-order valence-corrected chi connectivity index (χ3v) is 3.00. The Labute approximate surface area is 85.1 Å². The van der Waals surface area contributed by atoms with Crippen molar-refractivity contribution in [3.8, 4) is 0 Å². The molecular formula is C12H17NO. The highest BCUT2D eigenvalue weighted by molar-refractivity contribution is 5.49. The zero-order valence-electron chi connectivity index (χ0n) is 8.62. The van der Waals surface area contributed by atoms with Gasteiger partial charge in [0.2, 0.25) is 0 Å². The lowest BCUT2D eigenvalue weighted by Gasteiger charge is -2.22. The molecule has 0 atom stereocenters. The molecule has 1 saturated heterocycles. The van der Waals surface area contributed by atoms with E-state index in [4.69, 9.17) is 10.5 Å². The van der Waals surface area contributed by atoms with E-state index in [0.717, 1.165) is 31.7 Å². The summed E-state index contributed by atoms with van der Waals surface area (Å²) in [5, 5.41) is 0. The maximum Gasteiger partial charge on any atom is 0.0471 e. The van der Waals surface area contributed by atoms with Gasteiger partial charge in [-0.05, 0) is 42.9 Å². The number of nitrogen functional groups attached to an aromatic ring is 1. The summed E-state index contributed by atoms with van der Waals surface area (Å²) in [6, 6.07) is 6.42. The van der Waals surface area contributed by atoms with Gasteiger partial charge < -0.3 is 10.5 Å². The van der Waals surface area contributed by atoms with Crippen LogP contribution in [-0.2, 0) is 4.74 Å². The topological polar surface area (TPSA) is 35.2 Å². The van der Waals surface area contributed by atoms with Gasteiger partial charge in [-0.25, -0.2) is 0 Å². The monoisotopic (exact) mass is 191 g/mol. The van der Waals surface area contributed by atoms with E-state index in [1.807, 2.05) is 6.92 Å². The zero-order chi connectivity index (χ0) is 9.97. The van der Waals surface area contributed by atoms with Crippen molar-refractivity contribution in [1.82, 2.24) is 0 Å². The van der Waals surface area contributed by atoms with Crippen LogP contribution in [0.1, 0.15) is 29.9 Å². The molecule has 0 unspecified atom stereocenters. The van der Waals surface area contributed by atoms with E-state index in [0.29, 0.717) is 5.92 Å². The Morgan fingerprint density at radius 3 is 2.64 bits per heavy atom. The number of anilines is 1. The van der Waals surface area contributed by atoms with Crippen molar-refractivity contribution in [3.05, 3.63) is 29.3 Å². The summed E-state index contributed by atoms with van der Waals surface area (Å²) in [6.07, 6.45) is 2.25. The fourth-order valence-electron chi connectivity index (χ4n) is 1.94. The Morgan fingerprint density at radius 2 is 2.00 bits per heavy atom. The first-order chi connectivity index (χ1) is 6.77. The predicted molar refractivity (Wildman–Crippen MR) is 58.4 cm³/mol. The fourth-order valence-corrected chi connectivity index (χ4v) is 1.94. The van der Waals surface area contributed by atoms with Gasteiger partial charge in [-0.2, -0.15) is 0 Å². The predicted octanol–water partition coefficient (Wildman–Crippen LogP) is 2.47. The van der Waals surface area contributed by atoms with Crippen LogP contribution in [0.3, 0.4) is 0 Å². The lowest BCUT2D eigenvalue weighted by molar-refractivity contribution is 0.0853. The second kappa shape index (κ2) is 4.01. The second-order valence-electron chi connectivity index (χ2n) is 4.00. The standard InChI is InChI=1S/C12H17NO/c1-9-2-3-11(8-12(9)13)10-4-6-14-7-5-10/h2-3,8,10H,4-7,13H2,1H3. The molecular weight excluding hydrogens is 174 g/mol. The molecule has 1 aliphatic rings. The number of nitrogens with two attached hydrogens (primary N) is 1. The van der Waals surface area contributed by atoms with Crippen LogP contribution in [-0.4, -0.2) is 13.2 Å². The molecule has 76 valence electrons. The van der Waals surface area contributed by atoms with Crippen molar-refractivity contribution in [2.75, 3.05) is 18.9 Å². The third-order valence-electron chi connectivity index (χ3n) is 3.00. The van der Waals surface area contributed by atoms with Gasteiger partial charge in [0, 0.05) is 18.9 Å². The second-order valence-corrected chi connectivity index (χ2v) is 4.00. The number of hydrogen-bond acceptors (Lipinski definition) is 2. The molecule has 0 bridgehead atoms. The van der Waals surface area contributed by atoms with Crippen LogP contribution < -0.4 is 5.73 Å². The van der Waals surface area contributed by atoms with Crippen molar-refractivity contribution in [2.24, 2.45) is 0 Å². The smallest absolute Gasteiger partial charge is 0.0471 e. The largest absolute Gasteiger partial charge is 0.399 e. The third kappa shape index (κ3) is 1.90. The van der Waals surface area contributed by atoms with Crippen LogP contribution in [0.4, 0.5) is 5.69 Å². The summed E-state index contributed by atoms with van der Waals surface area (Å²) in [7, 11) is 0. The van der Waals surface area contributed by atoms with Gasteiger partial charge >= 0.3 is 0 Å². The average Bonchev–Trinajstić information content (AvgIpc) is 2.23. The minimum Gasteiger partial charge on any atom is -0.399 e. The number of aryl methyl sites for hydroxylation is 1. The molecule has 1 aliphatic heterocycles. The molecule has 0 radical (unpaired) electrons. The SMILES string of the molecule is Cc1ccc(C2CCOCC2)cc1N. The minimum atomic E-state index is 0.645. The zero-order valence-corrected chi connectivity index (χ0v) is 8.62. The van der Waals surface area contributed by atoms with Gasteiger partial charge in [0.05, 0.1) is 0 Å². The molecule has 0 spiro atoms. The van der Waals surface area contributed by atoms with Gasteiger partial charge in [-0.3, -0.25) is 0 Å². The fraction of sp³-hybridized carbons (Fsp3) is 0.500. The van der Waals surface area contributed by atoms with Crippen LogP contribution in [0.15, 0.2) is 18.2 Å². The van der Waals surface area contributed by atoms with E-state index in [-0.39, 0.29) is 0 Å². The van der Waals surface area contributed by atoms with Crippen molar-refractivity contribution < 1.29 is 4.74 Å². The Morgan fingerprint density at radius 1 is 1.29 bits per heavy atom. The summed E-state index contributed by atoms with van der Waals surface area (Å²) >= 11 is 0. The molecule has 0 aliphatic carbocycles. The van der Waals surface area contributed by atoms with Crippen molar-refractivity contribution in [2.45, 2.75) is 25.7 Å². The number of benzene rings is 1. The summed E-state index contributed by atoms with van der Waals surface area (Å²) in [5.41, 5.74) is 9.35. The van der Waals surface area contributed by atoms with Gasteiger partial charge in [0.25, 0.3) is 0 Å². The number of hydrogen-bond donors (Lipinski definition) is 1. The van der Waals surface area contributed by atoms with Crippen LogP contribution in [0.5, 0.6) is 0 Å². The van der Waals surface area contributed by atoms with E-state index in [9.17, 15) is 0 Å². The first-order valence-corrected chi connectivity index (χ1v) is 5.21. The quantitative estimate of drug-likeness (QED) is 0.692. The molecule has 2 N–H and O–H groups in total. The molecule has 0 saturated carbocycles. The maximum atomic E-state index is 5.90. The van der Waals surface area contributed by atoms with Gasteiger partial charge in [0.1, 0.15) is 0 Å². The molecule has 14 heavy (non-hydrogen) atoms.